The van der Waals surface area contributed by atoms with Crippen LogP contribution in [-0.2, 0) is 16.0 Å². The monoisotopic (exact) mass is 267 g/mol. The van der Waals surface area contributed by atoms with Gasteiger partial charge in [0.05, 0.1) is 13.2 Å². The molecular formula is C14H21NO2S. The Balaban J connectivity index is 1.79. The summed E-state index contributed by atoms with van der Waals surface area (Å²) in [5, 5.41) is 2.10. The van der Waals surface area contributed by atoms with E-state index in [1.807, 2.05) is 7.05 Å². The van der Waals surface area contributed by atoms with Gasteiger partial charge in [0.2, 0.25) is 0 Å². The largest absolute Gasteiger partial charge is 0.381 e. The first kappa shape index (κ1) is 13.7. The van der Waals surface area contributed by atoms with Crippen LogP contribution in [0.1, 0.15) is 18.2 Å². The van der Waals surface area contributed by atoms with E-state index in [4.69, 9.17) is 4.74 Å². The maximum Gasteiger partial charge on any atom is 0.152 e. The molecule has 0 aromatic carbocycles. The van der Waals surface area contributed by atoms with Gasteiger partial charge in [-0.3, -0.25) is 9.69 Å². The number of thiophene rings is 1. The van der Waals surface area contributed by atoms with Crippen molar-refractivity contribution in [1.82, 2.24) is 4.90 Å². The Kier molecular flexibility index (Phi) is 4.92. The fourth-order valence-electron chi connectivity index (χ4n) is 2.19. The molecule has 4 heteroatoms. The van der Waals surface area contributed by atoms with Gasteiger partial charge in [-0.25, -0.2) is 0 Å². The van der Waals surface area contributed by atoms with Crippen molar-refractivity contribution >= 4 is 17.1 Å². The van der Waals surface area contributed by atoms with Crippen LogP contribution in [0.3, 0.4) is 0 Å². The van der Waals surface area contributed by atoms with Gasteiger partial charge in [-0.15, -0.1) is 11.3 Å². The lowest BCUT2D eigenvalue weighted by Gasteiger charge is -2.24. The molecular weight excluding hydrogens is 246 g/mol. The number of Topliss-reactive ketones (excluding diaryl/α,β-unsaturated/α-hetero) is 1. The first-order chi connectivity index (χ1) is 8.66. The highest BCUT2D eigenvalue weighted by Gasteiger charge is 2.25. The van der Waals surface area contributed by atoms with E-state index < -0.39 is 0 Å². The van der Waals surface area contributed by atoms with Gasteiger partial charge in [-0.1, -0.05) is 6.07 Å². The third-order valence-corrected chi connectivity index (χ3v) is 4.52. The zero-order chi connectivity index (χ0) is 13.0. The summed E-state index contributed by atoms with van der Waals surface area (Å²) in [6.07, 6.45) is 1.91. The van der Waals surface area contributed by atoms with E-state index in [0.29, 0.717) is 25.0 Å². The Hall–Kier alpha value is -0.710. The number of likely N-dealkylation sites (N-methyl/N-ethyl adjacent to an activating group) is 1. The van der Waals surface area contributed by atoms with Crippen molar-refractivity contribution in [3.63, 3.8) is 0 Å². The molecule has 1 saturated heterocycles. The van der Waals surface area contributed by atoms with Crippen LogP contribution in [0.15, 0.2) is 17.5 Å². The number of ketones is 1. The van der Waals surface area contributed by atoms with Gasteiger partial charge in [0.15, 0.2) is 5.78 Å². The molecule has 2 unspecified atom stereocenters. The Morgan fingerprint density at radius 2 is 2.50 bits per heavy atom. The molecule has 3 nitrogen and oxygen atoms in total. The molecule has 1 aromatic rings. The summed E-state index contributed by atoms with van der Waals surface area (Å²) in [6.45, 7) is 4.08. The van der Waals surface area contributed by atoms with Gasteiger partial charge in [-0.2, -0.15) is 0 Å². The number of hydrogen-bond acceptors (Lipinski definition) is 4. The second-order valence-electron chi connectivity index (χ2n) is 5.07. The first-order valence-electron chi connectivity index (χ1n) is 6.50. The van der Waals surface area contributed by atoms with Crippen LogP contribution < -0.4 is 0 Å². The molecule has 0 N–H and O–H groups in total. The summed E-state index contributed by atoms with van der Waals surface area (Å²) in [5.74, 6) is 0.453. The second kappa shape index (κ2) is 6.45. The molecule has 1 aliphatic heterocycles. The average Bonchev–Trinajstić information content (AvgIpc) is 3.01. The van der Waals surface area contributed by atoms with E-state index in [0.717, 1.165) is 19.4 Å². The van der Waals surface area contributed by atoms with Crippen molar-refractivity contribution in [1.29, 1.82) is 0 Å². The van der Waals surface area contributed by atoms with Gasteiger partial charge in [0.1, 0.15) is 0 Å². The van der Waals surface area contributed by atoms with Crippen molar-refractivity contribution in [2.75, 3.05) is 26.8 Å². The molecule has 0 aliphatic carbocycles. The zero-order valence-corrected chi connectivity index (χ0v) is 11.9. The van der Waals surface area contributed by atoms with Crippen molar-refractivity contribution in [3.8, 4) is 0 Å². The van der Waals surface area contributed by atoms with Crippen LogP contribution in [-0.4, -0.2) is 43.5 Å². The highest BCUT2D eigenvalue weighted by Crippen LogP contribution is 2.16. The van der Waals surface area contributed by atoms with Gasteiger partial charge >= 0.3 is 0 Å². The minimum Gasteiger partial charge on any atom is -0.381 e. The summed E-state index contributed by atoms with van der Waals surface area (Å²) < 4.78 is 5.27. The number of carbonyl (C=O) groups is 1. The van der Waals surface area contributed by atoms with Gasteiger partial charge in [0.25, 0.3) is 0 Å². The normalized spacial score (nSPS) is 21.4. The van der Waals surface area contributed by atoms with Crippen LogP contribution in [0.5, 0.6) is 0 Å². The van der Waals surface area contributed by atoms with Crippen LogP contribution in [0.2, 0.25) is 0 Å². The number of nitrogens with zero attached hydrogens (tertiary/aromatic N) is 1. The third kappa shape index (κ3) is 3.64. The van der Waals surface area contributed by atoms with Gasteiger partial charge < -0.3 is 4.74 Å². The summed E-state index contributed by atoms with van der Waals surface area (Å²) in [7, 11) is 2.03. The minimum absolute atomic E-state index is 0.126. The Morgan fingerprint density at radius 3 is 3.11 bits per heavy atom. The number of carbonyl (C=O) groups excluding carboxylic acids is 1. The van der Waals surface area contributed by atoms with Crippen LogP contribution in [0.4, 0.5) is 0 Å². The predicted octanol–water partition coefficient (Wildman–Crippen LogP) is 2.22. The maximum atomic E-state index is 12.0. The van der Waals surface area contributed by atoms with E-state index in [1.165, 1.54) is 4.88 Å². The smallest absolute Gasteiger partial charge is 0.152 e. The van der Waals surface area contributed by atoms with Crippen molar-refractivity contribution in [2.45, 2.75) is 25.8 Å². The van der Waals surface area contributed by atoms with Gasteiger partial charge in [0, 0.05) is 23.4 Å². The van der Waals surface area contributed by atoms with E-state index in [9.17, 15) is 4.79 Å². The van der Waals surface area contributed by atoms with Gasteiger partial charge in [-0.05, 0) is 38.3 Å². The highest BCUT2D eigenvalue weighted by molar-refractivity contribution is 7.09. The summed E-state index contributed by atoms with van der Waals surface area (Å²) in [5.41, 5.74) is 0. The number of rotatable bonds is 6. The molecule has 0 saturated carbocycles. The van der Waals surface area contributed by atoms with Crippen molar-refractivity contribution in [3.05, 3.63) is 22.4 Å². The number of hydrogen-bond donors (Lipinski definition) is 0. The lowest BCUT2D eigenvalue weighted by Crippen LogP contribution is -2.37. The molecule has 1 aliphatic rings. The highest BCUT2D eigenvalue weighted by atomic mass is 32.1. The van der Waals surface area contributed by atoms with E-state index in [-0.39, 0.29) is 5.92 Å². The summed E-state index contributed by atoms with van der Waals surface area (Å²) in [4.78, 5) is 15.6. The van der Waals surface area contributed by atoms with Crippen LogP contribution in [0.25, 0.3) is 0 Å². The van der Waals surface area contributed by atoms with E-state index in [1.54, 1.807) is 11.3 Å². The standard InChI is InChI=1S/C14H21NO2S/c1-11(8-13-4-3-7-18-13)15(2)9-14(16)12-5-6-17-10-12/h3-4,7,11-12H,5-6,8-10H2,1-2H3. The minimum atomic E-state index is 0.126. The lowest BCUT2D eigenvalue weighted by atomic mass is 10.0. The molecule has 0 radical (unpaired) electrons. The fraction of sp³-hybridized carbons (Fsp3) is 0.643. The maximum absolute atomic E-state index is 12.0. The average molecular weight is 267 g/mol. The third-order valence-electron chi connectivity index (χ3n) is 3.62. The van der Waals surface area contributed by atoms with Crippen molar-refractivity contribution < 1.29 is 9.53 Å². The lowest BCUT2D eigenvalue weighted by molar-refractivity contribution is -0.124. The van der Waals surface area contributed by atoms with E-state index >= 15 is 0 Å². The SMILES string of the molecule is CC(Cc1cccs1)N(C)CC(=O)C1CCOC1. The first-order valence-corrected chi connectivity index (χ1v) is 7.38. The molecule has 1 aromatic heterocycles. The quantitative estimate of drug-likeness (QED) is 0.791. The molecule has 18 heavy (non-hydrogen) atoms. The molecule has 2 heterocycles. The molecule has 100 valence electrons. The van der Waals surface area contributed by atoms with Crippen molar-refractivity contribution in [2.24, 2.45) is 5.92 Å². The Labute approximate surface area is 113 Å². The molecule has 2 rings (SSSR count). The predicted molar refractivity (Wildman–Crippen MR) is 74.0 cm³/mol. The van der Waals surface area contributed by atoms with Crippen LogP contribution in [0, 0.1) is 5.92 Å². The molecule has 0 bridgehead atoms. The summed E-state index contributed by atoms with van der Waals surface area (Å²) in [6, 6.07) is 4.63. The molecule has 1 fully saturated rings. The second-order valence-corrected chi connectivity index (χ2v) is 6.11. The Bertz CT molecular complexity index is 371. The number of ether oxygens (including phenoxy) is 1. The molecule has 2 atom stereocenters. The molecule has 0 spiro atoms. The van der Waals surface area contributed by atoms with E-state index in [2.05, 4.69) is 29.3 Å². The fourth-order valence-corrected chi connectivity index (χ4v) is 3.02. The molecule has 0 amide bonds. The Morgan fingerprint density at radius 1 is 1.67 bits per heavy atom. The zero-order valence-electron chi connectivity index (χ0n) is 11.1. The topological polar surface area (TPSA) is 29.5 Å². The summed E-state index contributed by atoms with van der Waals surface area (Å²) >= 11 is 1.78. The van der Waals surface area contributed by atoms with Crippen LogP contribution >= 0.6 is 11.3 Å².